The van der Waals surface area contributed by atoms with Gasteiger partial charge in [-0.3, -0.25) is 4.57 Å². The van der Waals surface area contributed by atoms with Crippen LogP contribution in [0.15, 0.2) is 4.79 Å². The molecule has 2 heterocycles. The molecule has 2 N–H and O–H groups in total. The Bertz CT molecular complexity index is 572. The highest BCUT2D eigenvalue weighted by molar-refractivity contribution is 14.1. The Hall–Kier alpha value is -0.630. The fourth-order valence-electron chi connectivity index (χ4n) is 1.33. The number of aryl methyl sites for hydroxylation is 2. The molecule has 2 aromatic rings. The SMILES string of the molecule is Cc1c(I)sc2c1c(N)nc(=O)n2C. The van der Waals surface area contributed by atoms with E-state index in [9.17, 15) is 4.79 Å². The van der Waals surface area contributed by atoms with Crippen molar-refractivity contribution in [1.82, 2.24) is 9.55 Å². The Morgan fingerprint density at radius 2 is 2.21 bits per heavy atom. The number of hydrogen-bond acceptors (Lipinski definition) is 4. The molecule has 0 radical (unpaired) electrons. The first-order valence-electron chi connectivity index (χ1n) is 3.93. The highest BCUT2D eigenvalue weighted by Gasteiger charge is 2.13. The summed E-state index contributed by atoms with van der Waals surface area (Å²) >= 11 is 3.81. The summed E-state index contributed by atoms with van der Waals surface area (Å²) in [4.78, 5) is 16.0. The molecule has 6 heteroatoms. The van der Waals surface area contributed by atoms with E-state index in [-0.39, 0.29) is 5.69 Å². The van der Waals surface area contributed by atoms with Crippen molar-refractivity contribution < 1.29 is 0 Å². The summed E-state index contributed by atoms with van der Waals surface area (Å²) < 4.78 is 2.68. The first-order chi connectivity index (χ1) is 6.52. The molecule has 0 aliphatic heterocycles. The summed E-state index contributed by atoms with van der Waals surface area (Å²) in [6.07, 6.45) is 0. The fourth-order valence-corrected chi connectivity index (χ4v) is 3.22. The summed E-state index contributed by atoms with van der Waals surface area (Å²) in [6, 6.07) is 0. The number of nitrogens with zero attached hydrogens (tertiary/aromatic N) is 2. The van der Waals surface area contributed by atoms with Gasteiger partial charge in [0.2, 0.25) is 0 Å². The predicted molar refractivity (Wildman–Crippen MR) is 66.7 cm³/mol. The minimum Gasteiger partial charge on any atom is -0.383 e. The summed E-state index contributed by atoms with van der Waals surface area (Å²) in [6.45, 7) is 1.99. The van der Waals surface area contributed by atoms with Gasteiger partial charge in [-0.2, -0.15) is 4.98 Å². The van der Waals surface area contributed by atoms with Gasteiger partial charge in [0, 0.05) is 7.05 Å². The van der Waals surface area contributed by atoms with Crippen LogP contribution in [-0.4, -0.2) is 9.55 Å². The van der Waals surface area contributed by atoms with E-state index in [1.165, 1.54) is 4.57 Å². The van der Waals surface area contributed by atoms with Crippen LogP contribution in [0.25, 0.3) is 10.2 Å². The van der Waals surface area contributed by atoms with Crippen molar-refractivity contribution in [3.8, 4) is 0 Å². The predicted octanol–water partition coefficient (Wildman–Crippen LogP) is 1.49. The van der Waals surface area contributed by atoms with E-state index in [1.807, 2.05) is 6.92 Å². The van der Waals surface area contributed by atoms with Crippen molar-refractivity contribution >= 4 is 50.0 Å². The van der Waals surface area contributed by atoms with E-state index in [0.717, 1.165) is 18.7 Å². The lowest BCUT2D eigenvalue weighted by atomic mass is 10.2. The number of nitrogens with two attached hydrogens (primary N) is 1. The number of nitrogen functional groups attached to an aromatic ring is 1. The van der Waals surface area contributed by atoms with E-state index >= 15 is 0 Å². The van der Waals surface area contributed by atoms with Gasteiger partial charge in [-0.25, -0.2) is 4.79 Å². The maximum atomic E-state index is 11.4. The molecular formula is C8H8IN3OS. The van der Waals surface area contributed by atoms with E-state index in [4.69, 9.17) is 5.73 Å². The number of fused-ring (bicyclic) bond motifs is 1. The minimum atomic E-state index is -0.298. The fraction of sp³-hybridized carbons (Fsp3) is 0.250. The first kappa shape index (κ1) is 9.91. The lowest BCUT2D eigenvalue weighted by Crippen LogP contribution is -2.20. The number of anilines is 1. The van der Waals surface area contributed by atoms with Crippen LogP contribution < -0.4 is 11.4 Å². The summed E-state index contributed by atoms with van der Waals surface area (Å²) in [5.74, 6) is 0.333. The van der Waals surface area contributed by atoms with E-state index in [1.54, 1.807) is 18.4 Å². The van der Waals surface area contributed by atoms with Gasteiger partial charge in [-0.15, -0.1) is 11.3 Å². The van der Waals surface area contributed by atoms with E-state index < -0.39 is 0 Å². The van der Waals surface area contributed by atoms with Gasteiger partial charge in [0.25, 0.3) is 0 Å². The van der Waals surface area contributed by atoms with Gasteiger partial charge >= 0.3 is 5.69 Å². The summed E-state index contributed by atoms with van der Waals surface area (Å²) in [7, 11) is 1.71. The lowest BCUT2D eigenvalue weighted by Gasteiger charge is -2.00. The molecule has 0 bridgehead atoms. The van der Waals surface area contributed by atoms with Gasteiger partial charge < -0.3 is 5.73 Å². The second-order valence-electron chi connectivity index (χ2n) is 3.02. The third kappa shape index (κ3) is 1.24. The van der Waals surface area contributed by atoms with E-state index in [0.29, 0.717) is 5.82 Å². The van der Waals surface area contributed by atoms with Gasteiger partial charge in [0.05, 0.1) is 8.27 Å². The molecule has 2 rings (SSSR count). The van der Waals surface area contributed by atoms with Gasteiger partial charge in [-0.05, 0) is 35.1 Å². The molecule has 0 fully saturated rings. The maximum Gasteiger partial charge on any atom is 0.350 e. The van der Waals surface area contributed by atoms with Crippen molar-refractivity contribution in [2.45, 2.75) is 6.92 Å². The number of hydrogen-bond donors (Lipinski definition) is 1. The normalized spacial score (nSPS) is 11.1. The quantitative estimate of drug-likeness (QED) is 0.748. The second-order valence-corrected chi connectivity index (χ2v) is 5.83. The highest BCUT2D eigenvalue weighted by Crippen LogP contribution is 2.32. The molecule has 0 amide bonds. The standard InChI is InChI=1S/C8H8IN3OS/c1-3-4-6(10)11-8(13)12(2)7(4)14-5(3)9/h1-2H3,(H2,10,11,13). The number of aromatic nitrogens is 2. The second kappa shape index (κ2) is 3.20. The Morgan fingerprint density at radius 3 is 2.86 bits per heavy atom. The smallest absolute Gasteiger partial charge is 0.350 e. The minimum absolute atomic E-state index is 0.298. The zero-order valence-corrected chi connectivity index (χ0v) is 10.6. The molecule has 4 nitrogen and oxygen atoms in total. The van der Waals surface area contributed by atoms with Gasteiger partial charge in [0.1, 0.15) is 10.6 Å². The molecule has 14 heavy (non-hydrogen) atoms. The molecule has 0 atom stereocenters. The zero-order valence-electron chi connectivity index (χ0n) is 7.67. The molecule has 2 aromatic heterocycles. The van der Waals surface area contributed by atoms with Crippen molar-refractivity contribution in [2.75, 3.05) is 5.73 Å². The van der Waals surface area contributed by atoms with Crippen molar-refractivity contribution in [1.29, 1.82) is 0 Å². The Balaban J connectivity index is 3.09. The molecule has 0 aliphatic rings. The molecule has 0 aromatic carbocycles. The van der Waals surface area contributed by atoms with Crippen LogP contribution in [0.1, 0.15) is 5.56 Å². The monoisotopic (exact) mass is 321 g/mol. The molecule has 0 saturated heterocycles. The van der Waals surface area contributed by atoms with Crippen molar-refractivity contribution in [2.24, 2.45) is 7.05 Å². The molecular weight excluding hydrogens is 313 g/mol. The van der Waals surface area contributed by atoms with E-state index in [2.05, 4.69) is 27.6 Å². The van der Waals surface area contributed by atoms with Crippen LogP contribution in [0.3, 0.4) is 0 Å². The molecule has 0 unspecified atom stereocenters. The Kier molecular flexibility index (Phi) is 2.26. The summed E-state index contributed by atoms with van der Waals surface area (Å²) in [5, 5.41) is 0.904. The van der Waals surface area contributed by atoms with Gasteiger partial charge in [0.15, 0.2) is 0 Å². The highest BCUT2D eigenvalue weighted by atomic mass is 127. The first-order valence-corrected chi connectivity index (χ1v) is 5.83. The average molecular weight is 321 g/mol. The Morgan fingerprint density at radius 1 is 1.57 bits per heavy atom. The van der Waals surface area contributed by atoms with Gasteiger partial charge in [-0.1, -0.05) is 0 Å². The zero-order chi connectivity index (χ0) is 10.5. The lowest BCUT2D eigenvalue weighted by molar-refractivity contribution is 0.863. The van der Waals surface area contributed by atoms with Crippen LogP contribution in [0.2, 0.25) is 0 Å². The number of halogens is 1. The van der Waals surface area contributed by atoms with Crippen molar-refractivity contribution in [3.63, 3.8) is 0 Å². The molecule has 0 aliphatic carbocycles. The largest absolute Gasteiger partial charge is 0.383 e. The number of thiophene rings is 1. The summed E-state index contributed by atoms with van der Waals surface area (Å²) in [5.41, 5.74) is 6.52. The molecule has 74 valence electrons. The van der Waals surface area contributed by atoms with Crippen LogP contribution >= 0.6 is 33.9 Å². The van der Waals surface area contributed by atoms with Crippen LogP contribution in [0.5, 0.6) is 0 Å². The van der Waals surface area contributed by atoms with Crippen LogP contribution in [0.4, 0.5) is 5.82 Å². The van der Waals surface area contributed by atoms with Crippen LogP contribution in [0, 0.1) is 9.81 Å². The third-order valence-corrected chi connectivity index (χ3v) is 4.76. The Labute approximate surface area is 97.9 Å². The number of rotatable bonds is 0. The molecule has 0 spiro atoms. The average Bonchev–Trinajstić information content (AvgIpc) is 2.40. The van der Waals surface area contributed by atoms with Crippen molar-refractivity contribution in [3.05, 3.63) is 18.9 Å². The maximum absolute atomic E-state index is 11.4. The topological polar surface area (TPSA) is 60.9 Å². The van der Waals surface area contributed by atoms with Crippen LogP contribution in [-0.2, 0) is 7.05 Å². The third-order valence-electron chi connectivity index (χ3n) is 2.13. The molecule has 0 saturated carbocycles.